The summed E-state index contributed by atoms with van der Waals surface area (Å²) in [5.41, 5.74) is 13.1. The Balaban J connectivity index is 1.68. The van der Waals surface area contributed by atoms with Gasteiger partial charge in [0.25, 0.3) is 5.82 Å². The standard InChI is InChI=1S/C37H38N3O2/c1-20(2)24-17-27(21(3)4)34(28(18-24)22(5)6)40-30-12-10-9-11-29(30)39(8)37(40)32-23(7)13-14-25-26-15-16-31-33(38-19-41-31)36(26)42-35(25)32/h9-22H,1-8H3/q+1. The van der Waals surface area contributed by atoms with Crippen LogP contribution in [0.25, 0.3) is 61.1 Å². The van der Waals surface area contributed by atoms with E-state index in [2.05, 4.69) is 124 Å². The van der Waals surface area contributed by atoms with Crippen LogP contribution in [0.3, 0.4) is 0 Å². The van der Waals surface area contributed by atoms with Gasteiger partial charge in [0.15, 0.2) is 39.7 Å². The number of hydrogen-bond acceptors (Lipinski definition) is 3. The molecular weight excluding hydrogens is 518 g/mol. The summed E-state index contributed by atoms with van der Waals surface area (Å²) in [4.78, 5) is 4.50. The Kier molecular flexibility index (Phi) is 6.05. The van der Waals surface area contributed by atoms with Crippen LogP contribution in [-0.4, -0.2) is 9.55 Å². The summed E-state index contributed by atoms with van der Waals surface area (Å²) < 4.78 is 17.2. The number of hydrogen-bond donors (Lipinski definition) is 0. The van der Waals surface area contributed by atoms with Gasteiger partial charge >= 0.3 is 0 Å². The van der Waals surface area contributed by atoms with E-state index in [0.29, 0.717) is 17.8 Å². The van der Waals surface area contributed by atoms with E-state index in [0.717, 1.165) is 50.0 Å². The maximum atomic E-state index is 6.79. The van der Waals surface area contributed by atoms with Crippen molar-refractivity contribution < 1.29 is 13.4 Å². The van der Waals surface area contributed by atoms with E-state index in [1.807, 2.05) is 6.07 Å². The van der Waals surface area contributed by atoms with E-state index in [-0.39, 0.29) is 0 Å². The van der Waals surface area contributed by atoms with Gasteiger partial charge in [-0.3, -0.25) is 0 Å². The summed E-state index contributed by atoms with van der Waals surface area (Å²) >= 11 is 0. The predicted molar refractivity (Wildman–Crippen MR) is 172 cm³/mol. The molecule has 3 aromatic heterocycles. The lowest BCUT2D eigenvalue weighted by atomic mass is 9.87. The summed E-state index contributed by atoms with van der Waals surface area (Å²) in [5.74, 6) is 2.25. The SMILES string of the molecule is Cc1ccc2c(oc3c2ccc2ocnc23)c1-c1n(-c2c(C(C)C)cc(C(C)C)cc2C(C)C)c2ccccc2[n+]1C. The van der Waals surface area contributed by atoms with Crippen molar-refractivity contribution in [1.29, 1.82) is 0 Å². The highest BCUT2D eigenvalue weighted by Gasteiger charge is 2.34. The number of furan rings is 1. The van der Waals surface area contributed by atoms with Gasteiger partial charge in [-0.1, -0.05) is 77.9 Å². The number of benzene rings is 4. The Bertz CT molecular complexity index is 2120. The van der Waals surface area contributed by atoms with Crippen LogP contribution < -0.4 is 4.57 Å². The van der Waals surface area contributed by atoms with Crippen molar-refractivity contribution in [1.82, 2.24) is 9.55 Å². The van der Waals surface area contributed by atoms with Crippen LogP contribution in [0.4, 0.5) is 0 Å². The number of nitrogens with zero attached hydrogens (tertiary/aromatic N) is 3. The minimum absolute atomic E-state index is 0.346. The van der Waals surface area contributed by atoms with Crippen LogP contribution in [0.2, 0.25) is 0 Å². The maximum Gasteiger partial charge on any atom is 0.299 e. The van der Waals surface area contributed by atoms with Crippen LogP contribution in [0, 0.1) is 6.92 Å². The normalized spacial score (nSPS) is 12.5. The first-order chi connectivity index (χ1) is 20.2. The van der Waals surface area contributed by atoms with Gasteiger partial charge in [-0.15, -0.1) is 0 Å². The molecule has 42 heavy (non-hydrogen) atoms. The van der Waals surface area contributed by atoms with E-state index in [1.54, 1.807) is 0 Å². The van der Waals surface area contributed by atoms with E-state index in [1.165, 1.54) is 39.8 Å². The van der Waals surface area contributed by atoms with Gasteiger partial charge in [-0.05, 0) is 60.1 Å². The fourth-order valence-corrected chi connectivity index (χ4v) is 6.60. The minimum atomic E-state index is 0.346. The fraction of sp³-hybridized carbons (Fsp3) is 0.297. The topological polar surface area (TPSA) is 48.0 Å². The number of oxazole rings is 1. The van der Waals surface area contributed by atoms with Crippen LogP contribution in [0.1, 0.15) is 81.5 Å². The number of fused-ring (bicyclic) bond motifs is 6. The second-order valence-electron chi connectivity index (χ2n) is 12.6. The summed E-state index contributed by atoms with van der Waals surface area (Å²) in [6, 6.07) is 22.1. The van der Waals surface area contributed by atoms with Crippen LogP contribution in [0.5, 0.6) is 0 Å². The molecule has 0 amide bonds. The molecule has 0 atom stereocenters. The van der Waals surface area contributed by atoms with Crippen molar-refractivity contribution >= 4 is 44.1 Å². The van der Waals surface area contributed by atoms with E-state index < -0.39 is 0 Å². The third-order valence-corrected chi connectivity index (χ3v) is 8.88. The predicted octanol–water partition coefficient (Wildman–Crippen LogP) is 9.84. The lowest BCUT2D eigenvalue weighted by molar-refractivity contribution is -0.633. The van der Waals surface area contributed by atoms with Crippen molar-refractivity contribution in [3.05, 3.63) is 89.3 Å². The zero-order chi connectivity index (χ0) is 29.4. The third-order valence-electron chi connectivity index (χ3n) is 8.88. The molecule has 0 spiro atoms. The highest BCUT2D eigenvalue weighted by Crippen LogP contribution is 2.43. The number of para-hydroxylation sites is 2. The van der Waals surface area contributed by atoms with Crippen molar-refractivity contribution in [2.24, 2.45) is 7.05 Å². The smallest absolute Gasteiger partial charge is 0.299 e. The molecule has 0 saturated heterocycles. The molecule has 0 radical (unpaired) electrons. The summed E-state index contributed by atoms with van der Waals surface area (Å²) in [7, 11) is 2.18. The Morgan fingerprint density at radius 2 is 1.45 bits per heavy atom. The number of imidazole rings is 1. The first kappa shape index (κ1) is 26.5. The Morgan fingerprint density at radius 1 is 0.786 bits per heavy atom. The molecule has 7 aromatic rings. The fourth-order valence-electron chi connectivity index (χ4n) is 6.60. The monoisotopic (exact) mass is 556 g/mol. The summed E-state index contributed by atoms with van der Waals surface area (Å²) in [5, 5.41) is 2.13. The Morgan fingerprint density at radius 3 is 2.14 bits per heavy atom. The first-order valence-electron chi connectivity index (χ1n) is 15.0. The first-order valence-corrected chi connectivity index (χ1v) is 15.0. The van der Waals surface area contributed by atoms with Gasteiger partial charge in [0, 0.05) is 21.9 Å². The molecule has 0 aliphatic carbocycles. The number of rotatable bonds is 5. The molecule has 5 heteroatoms. The van der Waals surface area contributed by atoms with Crippen molar-refractivity contribution in [2.75, 3.05) is 0 Å². The van der Waals surface area contributed by atoms with Gasteiger partial charge in [-0.25, -0.2) is 9.55 Å². The average Bonchev–Trinajstić information content (AvgIpc) is 3.66. The van der Waals surface area contributed by atoms with Gasteiger partial charge in [0.1, 0.15) is 11.3 Å². The number of aromatic nitrogens is 3. The Hall–Kier alpha value is -4.38. The highest BCUT2D eigenvalue weighted by atomic mass is 16.3. The molecule has 0 N–H and O–H groups in total. The lowest BCUT2D eigenvalue weighted by Gasteiger charge is -2.21. The van der Waals surface area contributed by atoms with Crippen molar-refractivity contribution in [3.63, 3.8) is 0 Å². The van der Waals surface area contributed by atoms with Gasteiger partial charge in [0.05, 0.1) is 7.05 Å². The molecule has 3 heterocycles. The lowest BCUT2D eigenvalue weighted by Crippen LogP contribution is -2.30. The molecule has 0 fully saturated rings. The molecular formula is C37H38N3O2+. The zero-order valence-corrected chi connectivity index (χ0v) is 25.7. The summed E-state index contributed by atoms with van der Waals surface area (Å²) in [6.45, 7) is 16.0. The highest BCUT2D eigenvalue weighted by molar-refractivity contribution is 6.15. The molecule has 0 unspecified atom stereocenters. The minimum Gasteiger partial charge on any atom is -0.453 e. The molecule has 5 nitrogen and oxygen atoms in total. The third kappa shape index (κ3) is 3.76. The largest absolute Gasteiger partial charge is 0.453 e. The average molecular weight is 557 g/mol. The zero-order valence-electron chi connectivity index (χ0n) is 25.7. The molecule has 0 aliphatic rings. The molecule has 0 aliphatic heterocycles. The second-order valence-corrected chi connectivity index (χ2v) is 12.6. The molecule has 4 aromatic carbocycles. The van der Waals surface area contributed by atoms with Crippen molar-refractivity contribution in [3.8, 4) is 17.1 Å². The Labute approximate surface area is 246 Å². The van der Waals surface area contributed by atoms with E-state index in [9.17, 15) is 0 Å². The number of aryl methyl sites for hydroxylation is 2. The molecule has 7 rings (SSSR count). The molecule has 0 bridgehead atoms. The van der Waals surface area contributed by atoms with Crippen LogP contribution in [0.15, 0.2) is 75.9 Å². The molecule has 0 saturated carbocycles. The van der Waals surface area contributed by atoms with Gasteiger partial charge in [0.2, 0.25) is 0 Å². The van der Waals surface area contributed by atoms with Gasteiger partial charge in [-0.2, -0.15) is 4.57 Å². The second kappa shape index (κ2) is 9.59. The molecule has 212 valence electrons. The quantitative estimate of drug-likeness (QED) is 0.198. The summed E-state index contributed by atoms with van der Waals surface area (Å²) in [6.07, 6.45) is 1.49. The van der Waals surface area contributed by atoms with Crippen LogP contribution in [-0.2, 0) is 7.05 Å². The van der Waals surface area contributed by atoms with Gasteiger partial charge < -0.3 is 8.83 Å². The van der Waals surface area contributed by atoms with Crippen LogP contribution >= 0.6 is 0 Å². The van der Waals surface area contributed by atoms with Crippen molar-refractivity contribution in [2.45, 2.75) is 66.2 Å². The van der Waals surface area contributed by atoms with E-state index in [4.69, 9.17) is 8.83 Å². The van der Waals surface area contributed by atoms with E-state index >= 15 is 0 Å². The maximum absolute atomic E-state index is 6.79.